The average molecular weight is 466 g/mol. The van der Waals surface area contributed by atoms with Gasteiger partial charge in [-0.05, 0) is 55.7 Å². The van der Waals surface area contributed by atoms with Crippen LogP contribution in [0.1, 0.15) is 107 Å². The molecular weight excluding hydrogens is 414 g/mol. The van der Waals surface area contributed by atoms with Crippen LogP contribution in [-0.2, 0) is 0 Å². The summed E-state index contributed by atoms with van der Waals surface area (Å²) in [4.78, 5) is 9.59. The Kier molecular flexibility index (Phi) is 14.2. The SMILES string of the molecule is C.C/C=C(/Nc1cc2nc(C3=CCC=C3)ccc2cn1)C(CCCC)CCCCC(C)C.CC.[HH]. The highest BCUT2D eigenvalue weighted by molar-refractivity contribution is 5.84. The van der Waals surface area contributed by atoms with E-state index < -0.39 is 0 Å². The second-order valence-corrected chi connectivity index (χ2v) is 9.14. The molecule has 2 heterocycles. The van der Waals surface area contributed by atoms with Crippen molar-refractivity contribution in [2.24, 2.45) is 11.8 Å². The van der Waals surface area contributed by atoms with Crippen LogP contribution in [-0.4, -0.2) is 9.97 Å². The second-order valence-electron chi connectivity index (χ2n) is 9.14. The van der Waals surface area contributed by atoms with Crippen molar-refractivity contribution < 1.29 is 1.43 Å². The highest BCUT2D eigenvalue weighted by Crippen LogP contribution is 2.28. The Bertz CT molecular complexity index is 943. The number of allylic oxidation sites excluding steroid dienone is 6. The Morgan fingerprint density at radius 1 is 1.12 bits per heavy atom. The summed E-state index contributed by atoms with van der Waals surface area (Å²) in [5, 5.41) is 4.73. The van der Waals surface area contributed by atoms with Crippen molar-refractivity contribution in [2.45, 2.75) is 100 Å². The lowest BCUT2D eigenvalue weighted by Crippen LogP contribution is -2.13. The molecule has 3 heteroatoms. The fourth-order valence-corrected chi connectivity index (χ4v) is 4.30. The van der Waals surface area contributed by atoms with Gasteiger partial charge in [0.15, 0.2) is 0 Å². The number of anilines is 1. The van der Waals surface area contributed by atoms with Gasteiger partial charge in [0.2, 0.25) is 0 Å². The van der Waals surface area contributed by atoms with Crippen LogP contribution in [0.5, 0.6) is 0 Å². The molecule has 1 atom stereocenters. The first-order valence-corrected chi connectivity index (χ1v) is 13.2. The van der Waals surface area contributed by atoms with E-state index >= 15 is 0 Å². The standard InChI is InChI=1S/C28H39N3.C2H6.CH4.H2/c1-5-7-13-22(14-9-8-12-21(3)4)25(6-2)31-28-19-27-24(20-29-28)17-18-26(30-27)23-15-10-11-16-23;1-2;;/h6,10,15-22H,5,7-9,11-14H2,1-4H3,(H,29,31);1-2H3;1H4;1H/b25-6+;;;. The Balaban J connectivity index is 0.00000282. The van der Waals surface area contributed by atoms with Gasteiger partial charge in [-0.1, -0.05) is 98.5 Å². The van der Waals surface area contributed by atoms with Crippen molar-refractivity contribution in [1.29, 1.82) is 0 Å². The topological polar surface area (TPSA) is 37.8 Å². The van der Waals surface area contributed by atoms with Gasteiger partial charge in [0.1, 0.15) is 5.82 Å². The van der Waals surface area contributed by atoms with Gasteiger partial charge in [-0.2, -0.15) is 0 Å². The van der Waals surface area contributed by atoms with E-state index in [1.807, 2.05) is 20.0 Å². The zero-order chi connectivity index (χ0) is 24.1. The molecule has 0 saturated heterocycles. The molecule has 3 nitrogen and oxygen atoms in total. The molecule has 1 unspecified atom stereocenters. The van der Waals surface area contributed by atoms with Gasteiger partial charge in [-0.3, -0.25) is 0 Å². The quantitative estimate of drug-likeness (QED) is 0.317. The number of fused-ring (bicyclic) bond motifs is 1. The fourth-order valence-electron chi connectivity index (χ4n) is 4.30. The van der Waals surface area contributed by atoms with Crippen molar-refractivity contribution in [2.75, 3.05) is 5.32 Å². The van der Waals surface area contributed by atoms with Crippen molar-refractivity contribution in [3.8, 4) is 0 Å². The number of hydrogen-bond acceptors (Lipinski definition) is 3. The van der Waals surface area contributed by atoms with Crippen LogP contribution in [0.3, 0.4) is 0 Å². The highest BCUT2D eigenvalue weighted by atomic mass is 15.0. The van der Waals surface area contributed by atoms with Crippen LogP contribution < -0.4 is 5.32 Å². The monoisotopic (exact) mass is 465 g/mol. The predicted molar refractivity (Wildman–Crippen MR) is 155 cm³/mol. The predicted octanol–water partition coefficient (Wildman–Crippen LogP) is 10.2. The molecule has 0 amide bonds. The van der Waals surface area contributed by atoms with E-state index in [1.54, 1.807) is 0 Å². The van der Waals surface area contributed by atoms with Crippen molar-refractivity contribution in [3.05, 3.63) is 60.1 Å². The molecule has 1 aliphatic rings. The maximum Gasteiger partial charge on any atom is 0.132 e. The third kappa shape index (κ3) is 9.08. The third-order valence-corrected chi connectivity index (χ3v) is 6.15. The Morgan fingerprint density at radius 2 is 1.85 bits per heavy atom. The maximum absolute atomic E-state index is 4.90. The molecule has 0 aliphatic heterocycles. The molecular formula is C31H51N3. The lowest BCUT2D eigenvalue weighted by Gasteiger charge is -2.22. The van der Waals surface area contributed by atoms with E-state index in [0.717, 1.165) is 34.8 Å². The summed E-state index contributed by atoms with van der Waals surface area (Å²) in [5.41, 5.74) is 4.55. The molecule has 0 bridgehead atoms. The van der Waals surface area contributed by atoms with E-state index in [-0.39, 0.29) is 8.85 Å². The van der Waals surface area contributed by atoms with Gasteiger partial charge < -0.3 is 5.32 Å². The lowest BCUT2D eigenvalue weighted by atomic mass is 9.91. The molecule has 0 radical (unpaired) electrons. The van der Waals surface area contributed by atoms with Gasteiger partial charge in [0.25, 0.3) is 0 Å². The minimum Gasteiger partial charge on any atom is -0.344 e. The second kappa shape index (κ2) is 16.2. The first-order chi connectivity index (χ1) is 16.1. The summed E-state index contributed by atoms with van der Waals surface area (Å²) in [6, 6.07) is 6.31. The zero-order valence-electron chi connectivity index (χ0n) is 21.8. The molecule has 0 aromatic carbocycles. The van der Waals surface area contributed by atoms with E-state index in [1.165, 1.54) is 56.2 Å². The number of hydrogen-bond donors (Lipinski definition) is 1. The summed E-state index contributed by atoms with van der Waals surface area (Å²) < 4.78 is 0. The summed E-state index contributed by atoms with van der Waals surface area (Å²) in [6.45, 7) is 13.1. The number of unbranched alkanes of at least 4 members (excludes halogenated alkanes) is 2. The maximum atomic E-state index is 4.90. The Morgan fingerprint density at radius 3 is 2.50 bits per heavy atom. The van der Waals surface area contributed by atoms with E-state index in [2.05, 4.69) is 80.5 Å². The molecule has 1 aliphatic carbocycles. The minimum atomic E-state index is 0. The molecule has 2 aromatic heterocycles. The number of rotatable bonds is 12. The largest absolute Gasteiger partial charge is 0.344 e. The number of nitrogens with zero attached hydrogens (tertiary/aromatic N) is 2. The molecule has 3 rings (SSSR count). The normalized spacial score (nSPS) is 13.9. The highest BCUT2D eigenvalue weighted by Gasteiger charge is 2.15. The minimum absolute atomic E-state index is 0. The van der Waals surface area contributed by atoms with Crippen molar-refractivity contribution in [1.82, 2.24) is 9.97 Å². The van der Waals surface area contributed by atoms with Crippen LogP contribution in [0.4, 0.5) is 5.82 Å². The number of nitrogens with one attached hydrogen (secondary N) is 1. The van der Waals surface area contributed by atoms with Gasteiger partial charge in [-0.25, -0.2) is 9.97 Å². The molecule has 0 saturated carbocycles. The molecule has 2 aromatic rings. The molecule has 1 N–H and O–H groups in total. The van der Waals surface area contributed by atoms with Crippen LogP contribution in [0.15, 0.2) is 54.4 Å². The number of pyridine rings is 2. The van der Waals surface area contributed by atoms with Gasteiger partial charge in [0, 0.05) is 24.8 Å². The average Bonchev–Trinajstić information content (AvgIpc) is 3.38. The van der Waals surface area contributed by atoms with E-state index in [0.29, 0.717) is 5.92 Å². The third-order valence-electron chi connectivity index (χ3n) is 6.15. The zero-order valence-corrected chi connectivity index (χ0v) is 21.8. The first kappa shape index (κ1) is 29.6. The van der Waals surface area contributed by atoms with E-state index in [9.17, 15) is 0 Å². The first-order valence-electron chi connectivity index (χ1n) is 13.2. The molecule has 0 fully saturated rings. The molecule has 190 valence electrons. The van der Waals surface area contributed by atoms with Gasteiger partial charge in [0.05, 0.1) is 11.2 Å². The summed E-state index contributed by atoms with van der Waals surface area (Å²) in [7, 11) is 0. The van der Waals surface area contributed by atoms with Crippen LogP contribution in [0, 0.1) is 11.8 Å². The van der Waals surface area contributed by atoms with Crippen molar-refractivity contribution in [3.63, 3.8) is 0 Å². The van der Waals surface area contributed by atoms with Crippen LogP contribution >= 0.6 is 0 Å². The van der Waals surface area contributed by atoms with Crippen molar-refractivity contribution >= 4 is 22.3 Å². The Labute approximate surface area is 211 Å². The lowest BCUT2D eigenvalue weighted by molar-refractivity contribution is 0.447. The fraction of sp³-hybridized carbons (Fsp3) is 0.548. The molecule has 34 heavy (non-hydrogen) atoms. The van der Waals surface area contributed by atoms with Gasteiger partial charge >= 0.3 is 0 Å². The molecule has 0 spiro atoms. The van der Waals surface area contributed by atoms with Crippen LogP contribution in [0.25, 0.3) is 16.5 Å². The summed E-state index contributed by atoms with van der Waals surface area (Å²) >= 11 is 0. The smallest absolute Gasteiger partial charge is 0.132 e. The van der Waals surface area contributed by atoms with E-state index in [4.69, 9.17) is 4.98 Å². The number of aromatic nitrogens is 2. The summed E-state index contributed by atoms with van der Waals surface area (Å²) in [5.74, 6) is 2.26. The van der Waals surface area contributed by atoms with Crippen LogP contribution in [0.2, 0.25) is 0 Å². The Hall–Kier alpha value is -2.42. The summed E-state index contributed by atoms with van der Waals surface area (Å²) in [6.07, 6.45) is 20.7. The van der Waals surface area contributed by atoms with Gasteiger partial charge in [-0.15, -0.1) is 0 Å².